The molecule has 0 radical (unpaired) electrons. The Bertz CT molecular complexity index is 1200. The van der Waals surface area contributed by atoms with E-state index in [1.165, 1.54) is 19.2 Å². The van der Waals surface area contributed by atoms with Gasteiger partial charge in [-0.1, -0.05) is 35.9 Å². The number of benzene rings is 2. The lowest BCUT2D eigenvalue weighted by molar-refractivity contribution is -0.384. The Morgan fingerprint density at radius 3 is 2.50 bits per heavy atom. The van der Waals surface area contributed by atoms with Crippen LogP contribution in [0.2, 0.25) is 5.02 Å². The highest BCUT2D eigenvalue weighted by molar-refractivity contribution is 7.89. The van der Waals surface area contributed by atoms with Gasteiger partial charge < -0.3 is 10.2 Å². The van der Waals surface area contributed by atoms with E-state index in [0.717, 1.165) is 40.4 Å². The molecule has 0 saturated carbocycles. The molecule has 0 saturated heterocycles. The Balaban J connectivity index is 1.52. The fourth-order valence-corrected chi connectivity index (χ4v) is 4.76. The highest BCUT2D eigenvalue weighted by Crippen LogP contribution is 2.28. The number of amides is 1. The van der Waals surface area contributed by atoms with Crippen molar-refractivity contribution < 1.29 is 18.1 Å². The number of sulfonamides is 1. The summed E-state index contributed by atoms with van der Waals surface area (Å²) >= 11 is 5.76. The molecular weight excluding hydrogens is 482 g/mol. The van der Waals surface area contributed by atoms with Gasteiger partial charge in [-0.2, -0.15) is 0 Å². The molecule has 1 heterocycles. The van der Waals surface area contributed by atoms with Crippen LogP contribution in [0.3, 0.4) is 0 Å². The van der Waals surface area contributed by atoms with Gasteiger partial charge in [0, 0.05) is 51.8 Å². The lowest BCUT2D eigenvalue weighted by Gasteiger charge is -2.20. The third-order valence-electron chi connectivity index (χ3n) is 5.53. The minimum Gasteiger partial charge on any atom is -0.368 e. The van der Waals surface area contributed by atoms with Crippen LogP contribution in [0.5, 0.6) is 0 Å². The molecule has 0 atom stereocenters. The van der Waals surface area contributed by atoms with E-state index in [1.807, 2.05) is 24.3 Å². The van der Waals surface area contributed by atoms with Crippen LogP contribution in [-0.2, 0) is 21.2 Å². The van der Waals surface area contributed by atoms with Crippen molar-refractivity contribution in [3.63, 3.8) is 0 Å². The smallest absolute Gasteiger partial charge is 0.289 e. The van der Waals surface area contributed by atoms with Crippen molar-refractivity contribution in [3.8, 4) is 0 Å². The zero-order chi connectivity index (χ0) is 24.9. The maximum atomic E-state index is 12.8. The molecule has 34 heavy (non-hydrogen) atoms. The predicted octanol–water partition coefficient (Wildman–Crippen LogP) is 2.31. The molecule has 1 aliphatic rings. The SMILES string of the molecule is CN(CCc1ccc(C2=NCCN2)cc1)C(=O)CCN(C)S(=O)(=O)c1ccc(Cl)c([N+](=O)[O-])c1. The first-order valence-electron chi connectivity index (χ1n) is 10.6. The molecule has 10 nitrogen and oxygen atoms in total. The quantitative estimate of drug-likeness (QED) is 0.388. The number of halogens is 1. The minimum absolute atomic E-state index is 0.0215. The molecular formula is C22H26ClN5O5S. The summed E-state index contributed by atoms with van der Waals surface area (Å²) in [6.45, 7) is 2.04. The van der Waals surface area contributed by atoms with Crippen LogP contribution in [0.4, 0.5) is 5.69 Å². The van der Waals surface area contributed by atoms with Gasteiger partial charge in [-0.05, 0) is 24.1 Å². The molecule has 182 valence electrons. The molecule has 3 rings (SSSR count). The zero-order valence-corrected chi connectivity index (χ0v) is 20.5. The molecule has 0 bridgehead atoms. The van der Waals surface area contributed by atoms with Crippen molar-refractivity contribution in [2.75, 3.05) is 40.3 Å². The van der Waals surface area contributed by atoms with Crippen LogP contribution < -0.4 is 5.32 Å². The van der Waals surface area contributed by atoms with Crippen molar-refractivity contribution in [3.05, 3.63) is 68.7 Å². The number of nitrogens with zero attached hydrogens (tertiary/aromatic N) is 4. The number of nitrogens with one attached hydrogen (secondary N) is 1. The van der Waals surface area contributed by atoms with Gasteiger partial charge in [0.1, 0.15) is 10.9 Å². The van der Waals surface area contributed by atoms with E-state index in [-0.39, 0.29) is 28.8 Å². The fourth-order valence-electron chi connectivity index (χ4n) is 3.38. The fraction of sp³-hybridized carbons (Fsp3) is 0.364. The average Bonchev–Trinajstić information content (AvgIpc) is 3.36. The standard InChI is InChI=1S/C22H26ClN5O5S/c1-26(13-9-16-3-5-17(6-4-16)22-24-11-12-25-22)21(29)10-14-27(2)34(32,33)18-7-8-19(23)20(15-18)28(30)31/h3-8,15H,9-14H2,1-2H3,(H,24,25). The molecule has 0 aliphatic carbocycles. The first kappa shape index (κ1) is 25.6. The summed E-state index contributed by atoms with van der Waals surface area (Å²) in [5, 5.41) is 14.1. The summed E-state index contributed by atoms with van der Waals surface area (Å²) in [4.78, 5) is 28.5. The number of nitro benzene ring substituents is 1. The number of rotatable bonds is 10. The number of amidine groups is 1. The Labute approximate surface area is 203 Å². The Morgan fingerprint density at radius 1 is 1.18 bits per heavy atom. The molecule has 0 unspecified atom stereocenters. The van der Waals surface area contributed by atoms with Crippen LogP contribution in [0.1, 0.15) is 17.5 Å². The summed E-state index contributed by atoms with van der Waals surface area (Å²) < 4.78 is 26.5. The van der Waals surface area contributed by atoms with Crippen LogP contribution in [0.25, 0.3) is 0 Å². The number of hydrogen-bond acceptors (Lipinski definition) is 7. The van der Waals surface area contributed by atoms with Crippen molar-refractivity contribution in [2.45, 2.75) is 17.7 Å². The van der Waals surface area contributed by atoms with Crippen molar-refractivity contribution in [1.29, 1.82) is 0 Å². The lowest BCUT2D eigenvalue weighted by Crippen LogP contribution is -2.34. The highest BCUT2D eigenvalue weighted by atomic mass is 35.5. The summed E-state index contributed by atoms with van der Waals surface area (Å²) in [5.41, 5.74) is 1.61. The van der Waals surface area contributed by atoms with E-state index in [0.29, 0.717) is 13.0 Å². The van der Waals surface area contributed by atoms with E-state index in [2.05, 4.69) is 10.3 Å². The summed E-state index contributed by atoms with van der Waals surface area (Å²) in [5.74, 6) is 0.691. The number of carbonyl (C=O) groups excluding carboxylic acids is 1. The van der Waals surface area contributed by atoms with Gasteiger partial charge in [-0.15, -0.1) is 0 Å². The third-order valence-corrected chi connectivity index (χ3v) is 7.70. The maximum Gasteiger partial charge on any atom is 0.289 e. The summed E-state index contributed by atoms with van der Waals surface area (Å²) in [6, 6.07) is 11.3. The van der Waals surface area contributed by atoms with Crippen molar-refractivity contribution >= 4 is 39.1 Å². The number of nitro groups is 1. The third kappa shape index (κ3) is 6.10. The van der Waals surface area contributed by atoms with E-state index in [9.17, 15) is 23.3 Å². The highest BCUT2D eigenvalue weighted by Gasteiger charge is 2.25. The van der Waals surface area contributed by atoms with E-state index in [4.69, 9.17) is 11.6 Å². The van der Waals surface area contributed by atoms with Gasteiger partial charge in [-0.25, -0.2) is 12.7 Å². The molecule has 1 amide bonds. The second kappa shape index (κ2) is 10.9. The number of likely N-dealkylation sites (N-methyl/N-ethyl adjacent to an activating group) is 1. The van der Waals surface area contributed by atoms with Gasteiger partial charge in [0.2, 0.25) is 15.9 Å². The number of carbonyl (C=O) groups is 1. The predicted molar refractivity (Wildman–Crippen MR) is 130 cm³/mol. The molecule has 0 spiro atoms. The average molecular weight is 508 g/mol. The summed E-state index contributed by atoms with van der Waals surface area (Å²) in [6.07, 6.45) is 0.636. The molecule has 12 heteroatoms. The Hall–Kier alpha value is -3.02. The van der Waals surface area contributed by atoms with Gasteiger partial charge in [0.05, 0.1) is 16.4 Å². The second-order valence-electron chi connectivity index (χ2n) is 7.87. The maximum absolute atomic E-state index is 12.8. The molecule has 1 aliphatic heterocycles. The van der Waals surface area contributed by atoms with E-state index in [1.54, 1.807) is 11.9 Å². The second-order valence-corrected chi connectivity index (χ2v) is 10.3. The number of aliphatic imine (C=N–C) groups is 1. The normalized spacial score (nSPS) is 13.5. The van der Waals surface area contributed by atoms with Gasteiger partial charge >= 0.3 is 0 Å². The first-order valence-corrected chi connectivity index (χ1v) is 12.4. The van der Waals surface area contributed by atoms with Gasteiger partial charge in [0.15, 0.2) is 0 Å². The molecule has 1 N–H and O–H groups in total. The lowest BCUT2D eigenvalue weighted by atomic mass is 10.1. The summed E-state index contributed by atoms with van der Waals surface area (Å²) in [7, 11) is -1.02. The molecule has 0 aromatic heterocycles. The van der Waals surface area contributed by atoms with Crippen LogP contribution in [0, 0.1) is 10.1 Å². The topological polar surface area (TPSA) is 125 Å². The number of hydrogen-bond donors (Lipinski definition) is 1. The van der Waals surface area contributed by atoms with Crippen molar-refractivity contribution in [2.24, 2.45) is 4.99 Å². The minimum atomic E-state index is -4.01. The van der Waals surface area contributed by atoms with Crippen molar-refractivity contribution in [1.82, 2.24) is 14.5 Å². The largest absolute Gasteiger partial charge is 0.368 e. The van der Waals surface area contributed by atoms with Crippen LogP contribution in [-0.4, -0.2) is 74.6 Å². The van der Waals surface area contributed by atoms with Crippen LogP contribution in [0.15, 0.2) is 52.4 Å². The Morgan fingerprint density at radius 2 is 1.88 bits per heavy atom. The monoisotopic (exact) mass is 507 g/mol. The first-order chi connectivity index (χ1) is 16.1. The van der Waals surface area contributed by atoms with E-state index >= 15 is 0 Å². The van der Waals surface area contributed by atoms with Gasteiger partial charge in [0.25, 0.3) is 5.69 Å². The Kier molecular flexibility index (Phi) is 8.24. The van der Waals surface area contributed by atoms with E-state index < -0.39 is 20.6 Å². The molecule has 0 fully saturated rings. The molecule has 2 aromatic carbocycles. The van der Waals surface area contributed by atoms with Crippen LogP contribution >= 0.6 is 11.6 Å². The molecule has 2 aromatic rings. The zero-order valence-electron chi connectivity index (χ0n) is 18.9. The van der Waals surface area contributed by atoms with Gasteiger partial charge in [-0.3, -0.25) is 19.9 Å².